The molecule has 2 aromatic carbocycles. The van der Waals surface area contributed by atoms with E-state index in [1.165, 1.54) is 37.5 Å². The summed E-state index contributed by atoms with van der Waals surface area (Å²) in [5, 5.41) is 0. The van der Waals surface area contributed by atoms with Gasteiger partial charge >= 0.3 is 12.4 Å². The lowest BCUT2D eigenvalue weighted by molar-refractivity contribution is -0.231. The van der Waals surface area contributed by atoms with Crippen LogP contribution >= 0.6 is 0 Å². The standard InChI is InChI=1S/C24H22F7N3O2/c1-14(16-8-17(23(26,27)28)10-18(9-16)24(29,30)31)36-22-21(15-2-4-19(25)5-3-15)34(6-7-35-22)12-20-11-32-13-33-20/h2-5,8-11,13-14,21-22H,6-7,12H2,1H3,(H,32,33)/t14-,21?,22?/m1/s1. The van der Waals surface area contributed by atoms with Crippen LogP contribution in [0.15, 0.2) is 55.0 Å². The Morgan fingerprint density at radius 2 is 1.69 bits per heavy atom. The molecular formula is C24H22F7N3O2. The van der Waals surface area contributed by atoms with Crippen molar-refractivity contribution in [2.45, 2.75) is 44.3 Å². The molecule has 0 saturated carbocycles. The number of ether oxygens (including phenoxy) is 2. The van der Waals surface area contributed by atoms with Crippen molar-refractivity contribution in [1.29, 1.82) is 0 Å². The lowest BCUT2D eigenvalue weighted by atomic mass is 10.0. The van der Waals surface area contributed by atoms with Crippen molar-refractivity contribution in [3.8, 4) is 0 Å². The van der Waals surface area contributed by atoms with Crippen molar-refractivity contribution in [3.05, 3.63) is 88.8 Å². The molecule has 3 aromatic rings. The Labute approximate surface area is 201 Å². The van der Waals surface area contributed by atoms with E-state index in [1.807, 2.05) is 4.90 Å². The lowest BCUT2D eigenvalue weighted by Crippen LogP contribution is -2.46. The van der Waals surface area contributed by atoms with Gasteiger partial charge in [0.05, 0.1) is 36.2 Å². The summed E-state index contributed by atoms with van der Waals surface area (Å²) in [4.78, 5) is 8.92. The second kappa shape index (κ2) is 10.2. The van der Waals surface area contributed by atoms with Gasteiger partial charge in [0.2, 0.25) is 0 Å². The number of aromatic amines is 1. The van der Waals surface area contributed by atoms with E-state index in [9.17, 15) is 30.7 Å². The number of alkyl halides is 6. The summed E-state index contributed by atoms with van der Waals surface area (Å²) in [6.45, 7) is 2.37. The molecule has 2 heterocycles. The number of benzene rings is 2. The van der Waals surface area contributed by atoms with Gasteiger partial charge in [-0.25, -0.2) is 9.37 Å². The van der Waals surface area contributed by atoms with E-state index in [0.717, 1.165) is 5.69 Å². The van der Waals surface area contributed by atoms with E-state index in [-0.39, 0.29) is 18.2 Å². The van der Waals surface area contributed by atoms with Crippen molar-refractivity contribution in [2.24, 2.45) is 0 Å². The molecule has 0 amide bonds. The summed E-state index contributed by atoms with van der Waals surface area (Å²) in [6, 6.07) is 6.28. The Hall–Kier alpha value is -2.96. The maximum Gasteiger partial charge on any atom is 0.416 e. The summed E-state index contributed by atoms with van der Waals surface area (Å²) in [5.41, 5.74) is -1.78. The monoisotopic (exact) mass is 517 g/mol. The number of morpholine rings is 1. The first-order valence-electron chi connectivity index (χ1n) is 10.9. The van der Waals surface area contributed by atoms with E-state index in [4.69, 9.17) is 9.47 Å². The summed E-state index contributed by atoms with van der Waals surface area (Å²) in [5.74, 6) is -0.468. The quantitative estimate of drug-likeness (QED) is 0.392. The van der Waals surface area contributed by atoms with Gasteiger partial charge in [-0.3, -0.25) is 4.90 Å². The molecule has 3 atom stereocenters. The second-order valence-corrected chi connectivity index (χ2v) is 8.40. The molecule has 0 spiro atoms. The zero-order valence-electron chi connectivity index (χ0n) is 18.9. The maximum atomic E-state index is 13.6. The molecule has 2 unspecified atom stereocenters. The number of hydrogen-bond acceptors (Lipinski definition) is 4. The normalized spacial score (nSPS) is 20.4. The molecule has 0 radical (unpaired) electrons. The summed E-state index contributed by atoms with van der Waals surface area (Å²) < 4.78 is 105. The fourth-order valence-electron chi connectivity index (χ4n) is 4.09. The number of aromatic nitrogens is 2. The highest BCUT2D eigenvalue weighted by Crippen LogP contribution is 2.39. The summed E-state index contributed by atoms with van der Waals surface area (Å²) in [6.07, 6.45) is -9.08. The largest absolute Gasteiger partial charge is 0.416 e. The second-order valence-electron chi connectivity index (χ2n) is 8.40. The fraction of sp³-hybridized carbons (Fsp3) is 0.375. The topological polar surface area (TPSA) is 50.4 Å². The highest BCUT2D eigenvalue weighted by molar-refractivity contribution is 5.34. The van der Waals surface area contributed by atoms with Crippen molar-refractivity contribution < 1.29 is 40.2 Å². The van der Waals surface area contributed by atoms with Crippen LogP contribution in [0.5, 0.6) is 0 Å². The Balaban J connectivity index is 1.66. The maximum absolute atomic E-state index is 13.6. The molecule has 36 heavy (non-hydrogen) atoms. The van der Waals surface area contributed by atoms with Gasteiger partial charge in [-0.15, -0.1) is 0 Å². The van der Waals surface area contributed by atoms with Crippen LogP contribution in [0.3, 0.4) is 0 Å². The molecule has 5 nitrogen and oxygen atoms in total. The van der Waals surface area contributed by atoms with Crippen LogP contribution in [-0.4, -0.2) is 34.3 Å². The van der Waals surface area contributed by atoms with Crippen LogP contribution in [0, 0.1) is 5.82 Å². The van der Waals surface area contributed by atoms with Gasteiger partial charge in [-0.2, -0.15) is 26.3 Å². The molecule has 0 aliphatic carbocycles. The minimum atomic E-state index is -4.98. The van der Waals surface area contributed by atoms with Crippen molar-refractivity contribution >= 4 is 0 Å². The molecule has 1 saturated heterocycles. The van der Waals surface area contributed by atoms with Crippen LogP contribution in [0.4, 0.5) is 30.7 Å². The Kier molecular flexibility index (Phi) is 7.39. The first-order chi connectivity index (χ1) is 16.9. The van der Waals surface area contributed by atoms with Gasteiger partial charge < -0.3 is 14.5 Å². The minimum absolute atomic E-state index is 0.0702. The molecule has 1 aliphatic heterocycles. The molecule has 12 heteroatoms. The van der Waals surface area contributed by atoms with Gasteiger partial charge in [0.25, 0.3) is 0 Å². The summed E-state index contributed by atoms with van der Waals surface area (Å²) >= 11 is 0. The van der Waals surface area contributed by atoms with Crippen LogP contribution in [-0.2, 0) is 28.4 Å². The average Bonchev–Trinajstić information content (AvgIpc) is 3.32. The Bertz CT molecular complexity index is 1120. The van der Waals surface area contributed by atoms with Gasteiger partial charge in [-0.1, -0.05) is 12.1 Å². The molecule has 0 bridgehead atoms. The van der Waals surface area contributed by atoms with E-state index in [2.05, 4.69) is 9.97 Å². The van der Waals surface area contributed by atoms with Gasteiger partial charge in [0, 0.05) is 25.0 Å². The molecule has 1 N–H and O–H groups in total. The highest BCUT2D eigenvalue weighted by atomic mass is 19.4. The van der Waals surface area contributed by atoms with E-state index < -0.39 is 47.7 Å². The minimum Gasteiger partial charge on any atom is -0.349 e. The average molecular weight is 517 g/mol. The van der Waals surface area contributed by atoms with Crippen molar-refractivity contribution in [1.82, 2.24) is 14.9 Å². The Morgan fingerprint density at radius 1 is 1.06 bits per heavy atom. The molecule has 4 rings (SSSR count). The van der Waals surface area contributed by atoms with Crippen LogP contribution < -0.4 is 0 Å². The van der Waals surface area contributed by atoms with E-state index in [0.29, 0.717) is 30.8 Å². The smallest absolute Gasteiger partial charge is 0.349 e. The van der Waals surface area contributed by atoms with Gasteiger partial charge in [-0.05, 0) is 48.4 Å². The van der Waals surface area contributed by atoms with Crippen molar-refractivity contribution in [2.75, 3.05) is 13.2 Å². The zero-order chi connectivity index (χ0) is 26.1. The number of hydrogen-bond donors (Lipinski definition) is 1. The summed E-state index contributed by atoms with van der Waals surface area (Å²) in [7, 11) is 0. The van der Waals surface area contributed by atoms with E-state index in [1.54, 1.807) is 6.20 Å². The molecule has 194 valence electrons. The predicted octanol–water partition coefficient (Wildman–Crippen LogP) is 6.26. The number of nitrogens with one attached hydrogen (secondary N) is 1. The van der Waals surface area contributed by atoms with Crippen molar-refractivity contribution in [3.63, 3.8) is 0 Å². The third-order valence-electron chi connectivity index (χ3n) is 5.87. The Morgan fingerprint density at radius 3 is 2.25 bits per heavy atom. The highest BCUT2D eigenvalue weighted by Gasteiger charge is 2.39. The van der Waals surface area contributed by atoms with Crippen LogP contribution in [0.2, 0.25) is 0 Å². The molecular weight excluding hydrogens is 495 g/mol. The number of imidazole rings is 1. The zero-order valence-corrected chi connectivity index (χ0v) is 18.9. The SMILES string of the molecule is C[C@@H](OC1OCCN(Cc2cnc[nH]2)C1c1ccc(F)cc1)c1cc(C(F)(F)F)cc(C(F)(F)F)c1. The van der Waals surface area contributed by atoms with E-state index >= 15 is 0 Å². The van der Waals surface area contributed by atoms with Gasteiger partial charge in [0.15, 0.2) is 6.29 Å². The first-order valence-corrected chi connectivity index (χ1v) is 10.9. The lowest BCUT2D eigenvalue weighted by Gasteiger charge is -2.42. The van der Waals surface area contributed by atoms with Crippen LogP contribution in [0.1, 0.15) is 47.0 Å². The van der Waals surface area contributed by atoms with Gasteiger partial charge in [0.1, 0.15) is 5.82 Å². The number of H-pyrrole nitrogens is 1. The predicted molar refractivity (Wildman–Crippen MR) is 114 cm³/mol. The molecule has 1 aromatic heterocycles. The number of rotatable bonds is 6. The third-order valence-corrected chi connectivity index (χ3v) is 5.87. The number of halogens is 7. The molecule has 1 fully saturated rings. The first kappa shape index (κ1) is 26.1. The number of nitrogens with zero attached hydrogens (tertiary/aromatic N) is 2. The fourth-order valence-corrected chi connectivity index (χ4v) is 4.09. The molecule has 1 aliphatic rings. The van der Waals surface area contributed by atoms with Crippen LogP contribution in [0.25, 0.3) is 0 Å². The third kappa shape index (κ3) is 6.05.